The highest BCUT2D eigenvalue weighted by molar-refractivity contribution is 6.33. The quantitative estimate of drug-likeness (QED) is 0.690. The number of hydrogen-bond acceptors (Lipinski definition) is 2. The van der Waals surface area contributed by atoms with E-state index in [1.54, 1.807) is 18.2 Å². The zero-order valence-corrected chi connectivity index (χ0v) is 10.9. The zero-order valence-electron chi connectivity index (χ0n) is 10.2. The Kier molecular flexibility index (Phi) is 2.68. The first kappa shape index (κ1) is 12.0. The fourth-order valence-corrected chi connectivity index (χ4v) is 2.27. The zero-order chi connectivity index (χ0) is 13.6. The number of rotatable bonds is 1. The Bertz CT molecular complexity index is 780. The van der Waals surface area contributed by atoms with Crippen LogP contribution in [0.3, 0.4) is 0 Å². The molecular weight excluding hydrogens is 265 g/mol. The molecule has 5 heteroatoms. The van der Waals surface area contributed by atoms with Gasteiger partial charge >= 0.3 is 0 Å². The number of fused-ring (bicyclic) bond motifs is 1. The Morgan fingerprint density at radius 1 is 1.21 bits per heavy atom. The summed E-state index contributed by atoms with van der Waals surface area (Å²) in [5.41, 5.74) is 8.54. The van der Waals surface area contributed by atoms with Crippen LogP contribution in [-0.2, 0) is 7.05 Å². The number of benzene rings is 2. The molecule has 2 aromatic carbocycles. The van der Waals surface area contributed by atoms with Gasteiger partial charge in [-0.3, -0.25) is 0 Å². The number of nitrogen functional groups attached to an aromatic ring is 1. The summed E-state index contributed by atoms with van der Waals surface area (Å²) in [4.78, 5) is 4.49. The molecule has 0 saturated heterocycles. The van der Waals surface area contributed by atoms with Crippen molar-refractivity contribution in [1.29, 1.82) is 0 Å². The van der Waals surface area contributed by atoms with Crippen LogP contribution in [0.2, 0.25) is 5.02 Å². The maximum Gasteiger partial charge on any atom is 0.140 e. The van der Waals surface area contributed by atoms with Crippen LogP contribution in [-0.4, -0.2) is 9.55 Å². The molecule has 0 aliphatic heterocycles. The summed E-state index contributed by atoms with van der Waals surface area (Å²) in [6.45, 7) is 0. The first-order chi connectivity index (χ1) is 9.06. The van der Waals surface area contributed by atoms with Gasteiger partial charge in [0.2, 0.25) is 0 Å². The van der Waals surface area contributed by atoms with Gasteiger partial charge in [-0.05, 0) is 36.4 Å². The maximum absolute atomic E-state index is 13.3. The minimum absolute atomic E-state index is 0.280. The van der Waals surface area contributed by atoms with Crippen molar-refractivity contribution in [2.75, 3.05) is 5.73 Å². The summed E-state index contributed by atoms with van der Waals surface area (Å²) in [5, 5.41) is 0.482. The third-order valence-corrected chi connectivity index (χ3v) is 3.43. The van der Waals surface area contributed by atoms with Gasteiger partial charge < -0.3 is 10.3 Å². The minimum Gasteiger partial charge on any atom is -0.398 e. The summed E-state index contributed by atoms with van der Waals surface area (Å²) in [7, 11) is 1.84. The van der Waals surface area contributed by atoms with E-state index in [-0.39, 0.29) is 5.82 Å². The standard InChI is InChI=1S/C14H11ClFN3/c1-19-13-7-9(16)3-5-12(13)18-14(19)8-2-4-11(17)10(15)6-8/h2-7H,17H2,1H3. The Morgan fingerprint density at radius 2 is 2.00 bits per heavy atom. The van der Waals surface area contributed by atoms with Gasteiger partial charge in [0.15, 0.2) is 0 Å². The predicted molar refractivity (Wildman–Crippen MR) is 75.5 cm³/mol. The lowest BCUT2D eigenvalue weighted by molar-refractivity contribution is 0.629. The molecule has 3 aromatic rings. The van der Waals surface area contributed by atoms with Gasteiger partial charge in [-0.2, -0.15) is 0 Å². The third-order valence-electron chi connectivity index (χ3n) is 3.10. The average Bonchev–Trinajstić information content (AvgIpc) is 2.70. The highest BCUT2D eigenvalue weighted by Gasteiger charge is 2.11. The number of hydrogen-bond donors (Lipinski definition) is 1. The molecule has 3 nitrogen and oxygen atoms in total. The van der Waals surface area contributed by atoms with E-state index in [0.29, 0.717) is 10.7 Å². The number of aromatic nitrogens is 2. The van der Waals surface area contributed by atoms with Crippen molar-refractivity contribution in [1.82, 2.24) is 9.55 Å². The maximum atomic E-state index is 13.3. The van der Waals surface area contributed by atoms with E-state index in [9.17, 15) is 4.39 Å². The first-order valence-corrected chi connectivity index (χ1v) is 6.11. The molecule has 0 bridgehead atoms. The molecule has 0 amide bonds. The van der Waals surface area contributed by atoms with E-state index in [4.69, 9.17) is 17.3 Å². The van der Waals surface area contributed by atoms with Crippen LogP contribution in [0.4, 0.5) is 10.1 Å². The SMILES string of the molecule is Cn1c(-c2ccc(N)c(Cl)c2)nc2ccc(F)cc21. The van der Waals surface area contributed by atoms with Crippen molar-refractivity contribution in [2.45, 2.75) is 0 Å². The molecule has 19 heavy (non-hydrogen) atoms. The molecule has 0 saturated carbocycles. The second kappa shape index (κ2) is 4.24. The van der Waals surface area contributed by atoms with Gasteiger partial charge in [0.1, 0.15) is 11.6 Å². The Hall–Kier alpha value is -2.07. The van der Waals surface area contributed by atoms with Crippen LogP contribution >= 0.6 is 11.6 Å². The van der Waals surface area contributed by atoms with Crippen LogP contribution in [0.1, 0.15) is 0 Å². The number of aryl methyl sites for hydroxylation is 1. The van der Waals surface area contributed by atoms with E-state index in [1.165, 1.54) is 12.1 Å². The molecule has 1 aromatic heterocycles. The van der Waals surface area contributed by atoms with Gasteiger partial charge in [-0.15, -0.1) is 0 Å². The summed E-state index contributed by atoms with van der Waals surface area (Å²) in [6, 6.07) is 9.86. The van der Waals surface area contributed by atoms with Gasteiger partial charge in [0.05, 0.1) is 21.7 Å². The normalized spacial score (nSPS) is 11.1. The Labute approximate surface area is 114 Å². The lowest BCUT2D eigenvalue weighted by Gasteiger charge is -2.04. The van der Waals surface area contributed by atoms with Gasteiger partial charge in [-0.1, -0.05) is 11.6 Å². The molecule has 0 radical (unpaired) electrons. The van der Waals surface area contributed by atoms with Crippen LogP contribution < -0.4 is 5.73 Å². The Morgan fingerprint density at radius 3 is 2.74 bits per heavy atom. The van der Waals surface area contributed by atoms with Crippen molar-refractivity contribution < 1.29 is 4.39 Å². The summed E-state index contributed by atoms with van der Waals surface area (Å²) in [6.07, 6.45) is 0. The Balaban J connectivity index is 2.24. The summed E-state index contributed by atoms with van der Waals surface area (Å²) in [5.74, 6) is 0.444. The van der Waals surface area contributed by atoms with E-state index in [1.807, 2.05) is 17.7 Å². The number of nitrogens with two attached hydrogens (primary N) is 1. The van der Waals surface area contributed by atoms with Crippen molar-refractivity contribution in [2.24, 2.45) is 7.05 Å². The van der Waals surface area contributed by atoms with Crippen molar-refractivity contribution >= 4 is 28.3 Å². The van der Waals surface area contributed by atoms with Gasteiger partial charge in [0.25, 0.3) is 0 Å². The molecule has 0 aliphatic carbocycles. The molecule has 0 aliphatic rings. The van der Waals surface area contributed by atoms with E-state index in [2.05, 4.69) is 4.98 Å². The number of halogens is 2. The smallest absolute Gasteiger partial charge is 0.140 e. The lowest BCUT2D eigenvalue weighted by atomic mass is 10.2. The molecule has 0 spiro atoms. The van der Waals surface area contributed by atoms with Crippen molar-refractivity contribution in [3.05, 3.63) is 47.2 Å². The largest absolute Gasteiger partial charge is 0.398 e. The number of nitrogens with zero attached hydrogens (tertiary/aromatic N) is 2. The highest BCUT2D eigenvalue weighted by Crippen LogP contribution is 2.28. The minimum atomic E-state index is -0.280. The second-order valence-corrected chi connectivity index (χ2v) is 4.77. The molecule has 0 atom stereocenters. The van der Waals surface area contributed by atoms with Gasteiger partial charge in [-0.25, -0.2) is 9.37 Å². The monoisotopic (exact) mass is 275 g/mol. The second-order valence-electron chi connectivity index (χ2n) is 4.36. The van der Waals surface area contributed by atoms with E-state index >= 15 is 0 Å². The average molecular weight is 276 g/mol. The molecule has 3 rings (SSSR count). The first-order valence-electron chi connectivity index (χ1n) is 5.73. The lowest BCUT2D eigenvalue weighted by Crippen LogP contribution is -1.94. The molecule has 0 fully saturated rings. The fourth-order valence-electron chi connectivity index (χ4n) is 2.09. The van der Waals surface area contributed by atoms with Crippen LogP contribution in [0.15, 0.2) is 36.4 Å². The van der Waals surface area contributed by atoms with Crippen LogP contribution in [0.5, 0.6) is 0 Å². The summed E-state index contributed by atoms with van der Waals surface area (Å²) >= 11 is 6.02. The van der Waals surface area contributed by atoms with Crippen molar-refractivity contribution in [3.8, 4) is 11.4 Å². The molecule has 1 heterocycles. The molecule has 96 valence electrons. The van der Waals surface area contributed by atoms with E-state index < -0.39 is 0 Å². The highest BCUT2D eigenvalue weighted by atomic mass is 35.5. The predicted octanol–water partition coefficient (Wildman–Crippen LogP) is 3.62. The number of anilines is 1. The summed E-state index contributed by atoms with van der Waals surface area (Å²) < 4.78 is 15.1. The molecule has 0 unspecified atom stereocenters. The molecule has 2 N–H and O–H groups in total. The van der Waals surface area contributed by atoms with Gasteiger partial charge in [0, 0.05) is 12.6 Å². The fraction of sp³-hybridized carbons (Fsp3) is 0.0714. The van der Waals surface area contributed by atoms with Crippen LogP contribution in [0, 0.1) is 5.82 Å². The van der Waals surface area contributed by atoms with Crippen molar-refractivity contribution in [3.63, 3.8) is 0 Å². The third kappa shape index (κ3) is 1.94. The number of imidazole rings is 1. The molecular formula is C14H11ClFN3. The topological polar surface area (TPSA) is 43.8 Å². The van der Waals surface area contributed by atoms with E-state index in [0.717, 1.165) is 22.4 Å². The van der Waals surface area contributed by atoms with Crippen LogP contribution in [0.25, 0.3) is 22.4 Å².